The maximum atomic E-state index is 12.3. The summed E-state index contributed by atoms with van der Waals surface area (Å²) < 4.78 is 21.6. The van der Waals surface area contributed by atoms with Gasteiger partial charge in [0.25, 0.3) is 0 Å². The van der Waals surface area contributed by atoms with Gasteiger partial charge in [0.05, 0.1) is 26.4 Å². The van der Waals surface area contributed by atoms with Crippen LogP contribution in [0.25, 0.3) is 0 Å². The van der Waals surface area contributed by atoms with Crippen LogP contribution >= 0.6 is 15.9 Å². The molecule has 0 bridgehead atoms. The van der Waals surface area contributed by atoms with E-state index in [2.05, 4.69) is 15.9 Å². The van der Waals surface area contributed by atoms with Crippen LogP contribution in [-0.4, -0.2) is 39.2 Å². The molecule has 0 spiro atoms. The van der Waals surface area contributed by atoms with Gasteiger partial charge >= 0.3 is 5.97 Å². The van der Waals surface area contributed by atoms with Crippen molar-refractivity contribution in [3.63, 3.8) is 0 Å². The lowest BCUT2D eigenvalue weighted by atomic mass is 10.1. The molecule has 0 amide bonds. The van der Waals surface area contributed by atoms with Gasteiger partial charge in [0.2, 0.25) is 0 Å². The van der Waals surface area contributed by atoms with Crippen LogP contribution < -0.4 is 14.2 Å². The number of rotatable bonds is 6. The van der Waals surface area contributed by atoms with Crippen LogP contribution in [0, 0.1) is 0 Å². The number of benzene rings is 2. The third-order valence-corrected chi connectivity index (χ3v) is 4.81. The van der Waals surface area contributed by atoms with Gasteiger partial charge in [-0.25, -0.2) is 4.79 Å². The Morgan fingerprint density at radius 2 is 1.77 bits per heavy atom. The topological polar surface area (TPSA) is 71.1 Å². The molecule has 0 aliphatic carbocycles. The fourth-order valence-corrected chi connectivity index (χ4v) is 3.20. The second kappa shape index (κ2) is 7.78. The van der Waals surface area contributed by atoms with Crippen molar-refractivity contribution in [1.82, 2.24) is 0 Å². The highest BCUT2D eigenvalue weighted by molar-refractivity contribution is 9.10. The number of ketones is 1. The van der Waals surface area contributed by atoms with E-state index < -0.39 is 5.97 Å². The molecule has 0 N–H and O–H groups in total. The maximum Gasteiger partial charge on any atom is 0.338 e. The number of esters is 1. The SMILES string of the molecule is COc1cc(C(=O)OCC(=O)c2ccc3c(c2)CCO3)cc(OC)c1Br. The van der Waals surface area contributed by atoms with E-state index in [-0.39, 0.29) is 18.0 Å². The summed E-state index contributed by atoms with van der Waals surface area (Å²) in [7, 11) is 2.96. The summed E-state index contributed by atoms with van der Waals surface area (Å²) in [5.74, 6) is 0.756. The van der Waals surface area contributed by atoms with Crippen LogP contribution in [0.15, 0.2) is 34.8 Å². The first-order chi connectivity index (χ1) is 12.5. The van der Waals surface area contributed by atoms with E-state index in [1.165, 1.54) is 26.4 Å². The Kier molecular flexibility index (Phi) is 5.46. The van der Waals surface area contributed by atoms with E-state index in [1.54, 1.807) is 18.2 Å². The van der Waals surface area contributed by atoms with Crippen LogP contribution in [0.5, 0.6) is 17.2 Å². The van der Waals surface area contributed by atoms with Crippen LogP contribution in [0.2, 0.25) is 0 Å². The zero-order chi connectivity index (χ0) is 18.7. The van der Waals surface area contributed by atoms with Gasteiger partial charge in [0.15, 0.2) is 12.4 Å². The van der Waals surface area contributed by atoms with E-state index in [0.29, 0.717) is 28.1 Å². The number of carbonyl (C=O) groups is 2. The van der Waals surface area contributed by atoms with Gasteiger partial charge in [-0.2, -0.15) is 0 Å². The molecule has 136 valence electrons. The highest BCUT2D eigenvalue weighted by Gasteiger charge is 2.19. The van der Waals surface area contributed by atoms with Gasteiger partial charge in [-0.05, 0) is 51.8 Å². The smallest absolute Gasteiger partial charge is 0.338 e. The van der Waals surface area contributed by atoms with E-state index >= 15 is 0 Å². The van der Waals surface area contributed by atoms with Gasteiger partial charge in [-0.3, -0.25) is 4.79 Å². The minimum absolute atomic E-state index is 0.233. The zero-order valence-electron chi connectivity index (χ0n) is 14.3. The second-order valence-corrected chi connectivity index (χ2v) is 6.41. The van der Waals surface area contributed by atoms with Gasteiger partial charge in [0, 0.05) is 12.0 Å². The Hall–Kier alpha value is -2.54. The number of methoxy groups -OCH3 is 2. The molecule has 1 aliphatic rings. The Bertz CT molecular complexity index is 836. The van der Waals surface area contributed by atoms with Gasteiger partial charge in [-0.15, -0.1) is 0 Å². The maximum absolute atomic E-state index is 12.3. The number of halogens is 1. The lowest BCUT2D eigenvalue weighted by Gasteiger charge is -2.11. The molecule has 0 fully saturated rings. The summed E-state index contributed by atoms with van der Waals surface area (Å²) >= 11 is 3.34. The Morgan fingerprint density at radius 1 is 1.08 bits per heavy atom. The number of ether oxygens (including phenoxy) is 4. The van der Waals surface area contributed by atoms with Crippen molar-refractivity contribution in [3.8, 4) is 17.2 Å². The summed E-state index contributed by atoms with van der Waals surface area (Å²) in [5, 5.41) is 0. The average Bonchev–Trinajstić information content (AvgIpc) is 3.13. The predicted octanol–water partition coefficient (Wildman–Crippen LogP) is 3.44. The number of fused-ring (bicyclic) bond motifs is 1. The van der Waals surface area contributed by atoms with Gasteiger partial charge in [0.1, 0.15) is 21.7 Å². The quantitative estimate of drug-likeness (QED) is 0.526. The van der Waals surface area contributed by atoms with Gasteiger partial charge in [-0.1, -0.05) is 0 Å². The number of hydrogen-bond acceptors (Lipinski definition) is 6. The highest BCUT2D eigenvalue weighted by Crippen LogP contribution is 2.35. The Labute approximate surface area is 159 Å². The van der Waals surface area contributed by atoms with Crippen LogP contribution in [0.3, 0.4) is 0 Å². The van der Waals surface area contributed by atoms with Gasteiger partial charge < -0.3 is 18.9 Å². The summed E-state index contributed by atoms with van der Waals surface area (Å²) in [5.41, 5.74) is 1.72. The summed E-state index contributed by atoms with van der Waals surface area (Å²) in [4.78, 5) is 24.6. The van der Waals surface area contributed by atoms with Crippen molar-refractivity contribution in [2.75, 3.05) is 27.4 Å². The normalized spacial score (nSPS) is 12.1. The molecule has 1 heterocycles. The lowest BCUT2D eigenvalue weighted by molar-refractivity contribution is 0.0474. The van der Waals surface area contributed by atoms with Crippen molar-refractivity contribution in [3.05, 3.63) is 51.5 Å². The molecule has 0 saturated carbocycles. The van der Waals surface area contributed by atoms with E-state index in [4.69, 9.17) is 18.9 Å². The molecule has 0 saturated heterocycles. The molecule has 6 nitrogen and oxygen atoms in total. The molecule has 7 heteroatoms. The van der Waals surface area contributed by atoms with Crippen molar-refractivity contribution in [1.29, 1.82) is 0 Å². The fraction of sp³-hybridized carbons (Fsp3) is 0.263. The first kappa shape index (κ1) is 18.3. The molecular weight excluding hydrogens is 404 g/mol. The minimum Gasteiger partial charge on any atom is -0.495 e. The number of hydrogen-bond donors (Lipinski definition) is 0. The zero-order valence-corrected chi connectivity index (χ0v) is 15.9. The largest absolute Gasteiger partial charge is 0.495 e. The molecule has 0 atom stereocenters. The average molecular weight is 421 g/mol. The third kappa shape index (κ3) is 3.67. The number of Topliss-reactive ketones (excluding diaryl/α,β-unsaturated/α-hetero) is 1. The Balaban J connectivity index is 1.69. The van der Waals surface area contributed by atoms with Crippen LogP contribution in [0.1, 0.15) is 26.3 Å². The minimum atomic E-state index is -0.632. The molecule has 26 heavy (non-hydrogen) atoms. The highest BCUT2D eigenvalue weighted by atomic mass is 79.9. The summed E-state index contributed by atoms with van der Waals surface area (Å²) in [6.45, 7) is 0.272. The molecular formula is C19H17BrO6. The first-order valence-electron chi connectivity index (χ1n) is 7.91. The van der Waals surface area contributed by atoms with Crippen LogP contribution in [0.4, 0.5) is 0 Å². The Morgan fingerprint density at radius 3 is 2.42 bits per heavy atom. The second-order valence-electron chi connectivity index (χ2n) is 5.62. The van der Waals surface area contributed by atoms with E-state index in [1.807, 2.05) is 0 Å². The standard InChI is InChI=1S/C19H17BrO6/c1-23-16-8-13(9-17(24-2)18(16)20)19(22)26-10-14(21)11-3-4-15-12(7-11)5-6-25-15/h3-4,7-9H,5-6,10H2,1-2H3. The number of carbonyl (C=O) groups excluding carboxylic acids is 2. The van der Waals surface area contributed by atoms with E-state index in [0.717, 1.165) is 17.7 Å². The van der Waals surface area contributed by atoms with Crippen LogP contribution in [-0.2, 0) is 11.2 Å². The first-order valence-corrected chi connectivity index (χ1v) is 8.70. The molecule has 1 aliphatic heterocycles. The van der Waals surface area contributed by atoms with Crippen molar-refractivity contribution >= 4 is 27.7 Å². The molecule has 3 rings (SSSR count). The summed E-state index contributed by atoms with van der Waals surface area (Å²) in [6.07, 6.45) is 0.773. The fourth-order valence-electron chi connectivity index (χ4n) is 2.64. The van der Waals surface area contributed by atoms with Crippen molar-refractivity contribution < 1.29 is 28.5 Å². The molecule has 2 aromatic rings. The monoisotopic (exact) mass is 420 g/mol. The van der Waals surface area contributed by atoms with E-state index in [9.17, 15) is 9.59 Å². The molecule has 0 aromatic heterocycles. The third-order valence-electron chi connectivity index (χ3n) is 4.03. The molecule has 0 radical (unpaired) electrons. The predicted molar refractivity (Wildman–Crippen MR) is 97.5 cm³/mol. The van der Waals surface area contributed by atoms with Crippen molar-refractivity contribution in [2.24, 2.45) is 0 Å². The van der Waals surface area contributed by atoms with Crippen molar-refractivity contribution in [2.45, 2.75) is 6.42 Å². The molecule has 2 aromatic carbocycles. The molecule has 0 unspecified atom stereocenters. The summed E-state index contributed by atoms with van der Waals surface area (Å²) in [6, 6.07) is 8.26. The lowest BCUT2D eigenvalue weighted by Crippen LogP contribution is -2.14.